The molecule has 1 fully saturated rings. The Bertz CT molecular complexity index is 1420. The zero-order chi connectivity index (χ0) is 26.5. The van der Waals surface area contributed by atoms with Crippen LogP contribution in [0.3, 0.4) is 0 Å². The number of nitrogens with zero attached hydrogens (tertiary/aromatic N) is 1. The monoisotopic (exact) mass is 619 g/mol. The number of carbonyl (C=O) groups excluding carboxylic acids is 4. The van der Waals surface area contributed by atoms with Gasteiger partial charge in [0.05, 0.1) is 17.2 Å². The standard InChI is InChI=1S/C25H19FIN3O7/c1-35-24(33)21-8-6-17(37-21)12-30-23(32)19(29-25(30)34)10-14-5-7-20(18(27)9-14)36-13-22(31)28-16-4-2-3-15(26)11-16/h2-11H,12-13H2,1H3,(H,28,31)(H,29,34)/b19-10-. The molecule has 10 nitrogen and oxygen atoms in total. The summed E-state index contributed by atoms with van der Waals surface area (Å²) in [6, 6.07) is 12.8. The molecule has 4 amide bonds. The number of esters is 1. The van der Waals surface area contributed by atoms with Crippen molar-refractivity contribution in [1.29, 1.82) is 0 Å². The van der Waals surface area contributed by atoms with E-state index in [9.17, 15) is 23.6 Å². The van der Waals surface area contributed by atoms with Crippen LogP contribution in [0.4, 0.5) is 14.9 Å². The number of hydrogen-bond acceptors (Lipinski definition) is 7. The zero-order valence-electron chi connectivity index (χ0n) is 19.2. The minimum absolute atomic E-state index is 0.0383. The Hall–Kier alpha value is -4.20. The predicted molar refractivity (Wildman–Crippen MR) is 137 cm³/mol. The first kappa shape index (κ1) is 25.9. The third-order valence-electron chi connectivity index (χ3n) is 5.06. The molecule has 1 aliphatic heterocycles. The number of hydrogen-bond donors (Lipinski definition) is 2. The van der Waals surface area contributed by atoms with Gasteiger partial charge in [0.2, 0.25) is 5.76 Å². The average Bonchev–Trinajstić information content (AvgIpc) is 3.43. The lowest BCUT2D eigenvalue weighted by molar-refractivity contribution is -0.123. The van der Waals surface area contributed by atoms with E-state index in [1.54, 1.807) is 24.3 Å². The molecule has 1 aromatic heterocycles. The Labute approximate surface area is 223 Å². The summed E-state index contributed by atoms with van der Waals surface area (Å²) in [5.41, 5.74) is 0.986. The van der Waals surface area contributed by atoms with Crippen LogP contribution >= 0.6 is 22.6 Å². The zero-order valence-corrected chi connectivity index (χ0v) is 21.4. The number of benzene rings is 2. The van der Waals surface area contributed by atoms with Crippen molar-refractivity contribution in [1.82, 2.24) is 10.2 Å². The number of nitrogens with one attached hydrogen (secondary N) is 2. The number of methoxy groups -OCH3 is 1. The second-order valence-corrected chi connectivity index (χ2v) is 8.84. The van der Waals surface area contributed by atoms with E-state index in [1.165, 1.54) is 43.5 Å². The second-order valence-electron chi connectivity index (χ2n) is 7.67. The van der Waals surface area contributed by atoms with Gasteiger partial charge in [0.15, 0.2) is 6.61 Å². The maximum absolute atomic E-state index is 13.3. The van der Waals surface area contributed by atoms with E-state index in [2.05, 4.69) is 15.4 Å². The van der Waals surface area contributed by atoms with Gasteiger partial charge in [-0.3, -0.25) is 14.5 Å². The summed E-state index contributed by atoms with van der Waals surface area (Å²) >= 11 is 2.02. The molecule has 190 valence electrons. The van der Waals surface area contributed by atoms with E-state index in [0.29, 0.717) is 20.6 Å². The van der Waals surface area contributed by atoms with Crippen LogP contribution in [-0.4, -0.2) is 42.4 Å². The minimum Gasteiger partial charge on any atom is -0.483 e. The number of halogens is 2. The van der Waals surface area contributed by atoms with Gasteiger partial charge in [0.25, 0.3) is 11.8 Å². The summed E-state index contributed by atoms with van der Waals surface area (Å²) in [4.78, 5) is 49.7. The molecule has 3 aromatic rings. The lowest BCUT2D eigenvalue weighted by Crippen LogP contribution is -2.30. The van der Waals surface area contributed by atoms with Crippen LogP contribution in [0.15, 0.2) is 64.7 Å². The van der Waals surface area contributed by atoms with E-state index in [4.69, 9.17) is 9.15 Å². The first-order valence-corrected chi connectivity index (χ1v) is 11.8. The molecule has 1 aliphatic rings. The Kier molecular flexibility index (Phi) is 7.86. The molecule has 0 unspecified atom stereocenters. The van der Waals surface area contributed by atoms with E-state index in [0.717, 1.165) is 4.90 Å². The molecule has 2 N–H and O–H groups in total. The molecule has 1 saturated heterocycles. The largest absolute Gasteiger partial charge is 0.483 e. The van der Waals surface area contributed by atoms with Crippen LogP contribution in [0.5, 0.6) is 5.75 Å². The molecule has 0 spiro atoms. The van der Waals surface area contributed by atoms with Gasteiger partial charge in [-0.2, -0.15) is 0 Å². The van der Waals surface area contributed by atoms with Crippen molar-refractivity contribution in [2.75, 3.05) is 19.0 Å². The highest BCUT2D eigenvalue weighted by atomic mass is 127. The average molecular weight is 619 g/mol. The molecule has 0 atom stereocenters. The second kappa shape index (κ2) is 11.2. The highest BCUT2D eigenvalue weighted by molar-refractivity contribution is 14.1. The molecular formula is C25H19FIN3O7. The maximum atomic E-state index is 13.3. The first-order chi connectivity index (χ1) is 17.7. The Morgan fingerprint density at radius 1 is 1.16 bits per heavy atom. The van der Waals surface area contributed by atoms with Gasteiger partial charge in [-0.05, 0) is 76.7 Å². The Balaban J connectivity index is 1.37. The molecule has 2 heterocycles. The van der Waals surface area contributed by atoms with E-state index in [-0.39, 0.29) is 30.4 Å². The number of urea groups is 1. The number of amides is 4. The fourth-order valence-electron chi connectivity index (χ4n) is 3.34. The maximum Gasteiger partial charge on any atom is 0.373 e. The van der Waals surface area contributed by atoms with Crippen LogP contribution in [0, 0.1) is 9.39 Å². The highest BCUT2D eigenvalue weighted by Gasteiger charge is 2.34. The topological polar surface area (TPSA) is 127 Å². The van der Waals surface area contributed by atoms with Crippen LogP contribution in [0.25, 0.3) is 6.08 Å². The number of rotatable bonds is 8. The fourth-order valence-corrected chi connectivity index (χ4v) is 4.04. The predicted octanol–water partition coefficient (Wildman–Crippen LogP) is 3.92. The Morgan fingerprint density at radius 2 is 1.97 bits per heavy atom. The number of anilines is 1. The van der Waals surface area contributed by atoms with Crippen molar-refractivity contribution >= 4 is 58.2 Å². The van der Waals surface area contributed by atoms with Crippen molar-refractivity contribution < 1.29 is 37.5 Å². The summed E-state index contributed by atoms with van der Waals surface area (Å²) in [5.74, 6) is -1.52. The fraction of sp³-hybridized carbons (Fsp3) is 0.120. The number of furan rings is 1. The van der Waals surface area contributed by atoms with Crippen molar-refractivity contribution in [3.8, 4) is 5.75 Å². The number of carbonyl (C=O) groups is 4. The number of ether oxygens (including phenoxy) is 2. The van der Waals surface area contributed by atoms with Gasteiger partial charge in [-0.15, -0.1) is 0 Å². The lowest BCUT2D eigenvalue weighted by Gasteiger charge is -2.10. The SMILES string of the molecule is COC(=O)c1ccc(CN2C(=O)N/C(=C\c3ccc(OCC(=O)Nc4cccc(F)c4)c(I)c3)C2=O)o1. The van der Waals surface area contributed by atoms with Gasteiger partial charge in [0, 0.05) is 5.69 Å². The first-order valence-electron chi connectivity index (χ1n) is 10.7. The summed E-state index contributed by atoms with van der Waals surface area (Å²) < 4.78 is 29.4. The van der Waals surface area contributed by atoms with Gasteiger partial charge in [0.1, 0.15) is 23.0 Å². The molecule has 0 saturated carbocycles. The lowest BCUT2D eigenvalue weighted by atomic mass is 10.2. The third kappa shape index (κ3) is 6.33. The number of imide groups is 1. The smallest absolute Gasteiger partial charge is 0.373 e. The summed E-state index contributed by atoms with van der Waals surface area (Å²) in [5, 5.41) is 5.06. The van der Waals surface area contributed by atoms with E-state index in [1.807, 2.05) is 22.6 Å². The van der Waals surface area contributed by atoms with Crippen molar-refractivity contribution in [2.24, 2.45) is 0 Å². The van der Waals surface area contributed by atoms with E-state index < -0.39 is 29.6 Å². The van der Waals surface area contributed by atoms with Crippen LogP contribution in [0.1, 0.15) is 21.9 Å². The van der Waals surface area contributed by atoms with Crippen LogP contribution < -0.4 is 15.4 Å². The molecular weight excluding hydrogens is 600 g/mol. The summed E-state index contributed by atoms with van der Waals surface area (Å²) in [6.45, 7) is -0.456. The highest BCUT2D eigenvalue weighted by Crippen LogP contribution is 2.25. The molecule has 0 aliphatic carbocycles. The molecule has 37 heavy (non-hydrogen) atoms. The summed E-state index contributed by atoms with van der Waals surface area (Å²) in [7, 11) is 1.21. The van der Waals surface area contributed by atoms with Crippen molar-refractivity contribution in [3.05, 3.63) is 86.8 Å². The van der Waals surface area contributed by atoms with Gasteiger partial charge < -0.3 is 24.5 Å². The quantitative estimate of drug-likeness (QED) is 0.169. The van der Waals surface area contributed by atoms with Gasteiger partial charge >= 0.3 is 12.0 Å². The Morgan fingerprint density at radius 3 is 2.70 bits per heavy atom. The van der Waals surface area contributed by atoms with Crippen LogP contribution in [0.2, 0.25) is 0 Å². The van der Waals surface area contributed by atoms with E-state index >= 15 is 0 Å². The van der Waals surface area contributed by atoms with Gasteiger partial charge in [-0.25, -0.2) is 14.0 Å². The van der Waals surface area contributed by atoms with Gasteiger partial charge in [-0.1, -0.05) is 12.1 Å². The summed E-state index contributed by atoms with van der Waals surface area (Å²) in [6.07, 6.45) is 1.50. The third-order valence-corrected chi connectivity index (χ3v) is 5.90. The normalized spacial score (nSPS) is 14.0. The van der Waals surface area contributed by atoms with Crippen molar-refractivity contribution in [3.63, 3.8) is 0 Å². The molecule has 12 heteroatoms. The molecule has 0 bridgehead atoms. The molecule has 4 rings (SSSR count). The molecule has 2 aromatic carbocycles. The molecule has 0 radical (unpaired) electrons. The minimum atomic E-state index is -0.668. The van der Waals surface area contributed by atoms with Crippen molar-refractivity contribution in [2.45, 2.75) is 6.54 Å². The van der Waals surface area contributed by atoms with Crippen LogP contribution in [-0.2, 0) is 20.9 Å².